The van der Waals surface area contributed by atoms with E-state index >= 15 is 0 Å². The van der Waals surface area contributed by atoms with Crippen molar-refractivity contribution >= 4 is 16.3 Å². The molecule has 0 spiro atoms. The fourth-order valence-electron chi connectivity index (χ4n) is 5.39. The van der Waals surface area contributed by atoms with Gasteiger partial charge in [-0.25, -0.2) is 0 Å². The highest BCUT2D eigenvalue weighted by Gasteiger charge is 2.53. The molecule has 4 saturated carbocycles. The van der Waals surface area contributed by atoms with Crippen LogP contribution in [-0.4, -0.2) is 10.1 Å². The van der Waals surface area contributed by atoms with Crippen LogP contribution in [0, 0.1) is 17.8 Å². The number of nitrogens with zero attached hydrogens (tertiary/aromatic N) is 2. The van der Waals surface area contributed by atoms with Crippen molar-refractivity contribution < 1.29 is 4.52 Å². The van der Waals surface area contributed by atoms with Gasteiger partial charge in [0.05, 0.1) is 9.88 Å². The summed E-state index contributed by atoms with van der Waals surface area (Å²) >= 11 is 1.51. The van der Waals surface area contributed by atoms with E-state index < -0.39 is 0 Å². The number of hydrogen-bond acceptors (Lipinski definition) is 5. The Balaban J connectivity index is 1.52. The number of thiophene rings is 1. The number of nitrogens with two attached hydrogens (primary N) is 1. The molecular weight excluding hydrogens is 282 g/mol. The van der Waals surface area contributed by atoms with Gasteiger partial charge in [0.15, 0.2) is 5.82 Å². The Morgan fingerprint density at radius 3 is 2.33 bits per heavy atom. The quantitative estimate of drug-likeness (QED) is 0.915. The third-order valence-corrected chi connectivity index (χ3v) is 6.68. The van der Waals surface area contributed by atoms with Crippen LogP contribution in [0.1, 0.15) is 44.3 Å². The standard InChI is InChI=1S/C16H19N3OS/c17-13-2-1-12(21-13)14-18-15(19-20-14)16-6-9-3-10(7-16)5-11(4-9)8-16/h1-2,9-11H,3-8,17H2. The van der Waals surface area contributed by atoms with E-state index in [0.717, 1.165) is 33.5 Å². The topological polar surface area (TPSA) is 64.9 Å². The molecule has 4 nitrogen and oxygen atoms in total. The van der Waals surface area contributed by atoms with E-state index in [-0.39, 0.29) is 5.41 Å². The maximum Gasteiger partial charge on any atom is 0.268 e. The molecule has 2 heterocycles. The van der Waals surface area contributed by atoms with E-state index in [4.69, 9.17) is 15.2 Å². The highest BCUT2D eigenvalue weighted by Crippen LogP contribution is 2.60. The van der Waals surface area contributed by atoms with Crippen LogP contribution in [-0.2, 0) is 5.41 Å². The summed E-state index contributed by atoms with van der Waals surface area (Å²) in [5.41, 5.74) is 6.01. The minimum Gasteiger partial charge on any atom is -0.391 e. The first-order valence-corrected chi connectivity index (χ1v) is 8.72. The van der Waals surface area contributed by atoms with Gasteiger partial charge in [0, 0.05) is 5.41 Å². The highest BCUT2D eigenvalue weighted by molar-refractivity contribution is 7.19. The van der Waals surface area contributed by atoms with Gasteiger partial charge in [0.1, 0.15) is 0 Å². The van der Waals surface area contributed by atoms with Crippen molar-refractivity contribution in [2.24, 2.45) is 17.8 Å². The summed E-state index contributed by atoms with van der Waals surface area (Å²) in [6.45, 7) is 0. The zero-order valence-corrected chi connectivity index (χ0v) is 12.7. The van der Waals surface area contributed by atoms with Crippen LogP contribution in [0.4, 0.5) is 5.00 Å². The molecule has 0 aliphatic heterocycles. The van der Waals surface area contributed by atoms with Crippen LogP contribution in [0.5, 0.6) is 0 Å². The molecule has 0 saturated heterocycles. The number of nitrogen functional groups attached to an aromatic ring is 1. The van der Waals surface area contributed by atoms with Crippen molar-refractivity contribution in [2.75, 3.05) is 5.73 Å². The summed E-state index contributed by atoms with van der Waals surface area (Å²) < 4.78 is 5.55. The fourth-order valence-corrected chi connectivity index (χ4v) is 6.09. The molecule has 4 bridgehead atoms. The van der Waals surface area contributed by atoms with Crippen molar-refractivity contribution in [1.29, 1.82) is 0 Å². The summed E-state index contributed by atoms with van der Waals surface area (Å²) in [4.78, 5) is 5.74. The molecule has 5 heteroatoms. The fraction of sp³-hybridized carbons (Fsp3) is 0.625. The molecule has 110 valence electrons. The first-order valence-electron chi connectivity index (χ1n) is 7.90. The van der Waals surface area contributed by atoms with E-state index in [2.05, 4.69) is 5.16 Å². The Morgan fingerprint density at radius 1 is 1.10 bits per heavy atom. The van der Waals surface area contributed by atoms with Crippen LogP contribution in [0.3, 0.4) is 0 Å². The van der Waals surface area contributed by atoms with Gasteiger partial charge in [-0.15, -0.1) is 11.3 Å². The Kier molecular flexibility index (Phi) is 2.38. The monoisotopic (exact) mass is 301 g/mol. The molecule has 2 aromatic heterocycles. The smallest absolute Gasteiger partial charge is 0.268 e. The molecule has 2 N–H and O–H groups in total. The maximum atomic E-state index is 5.80. The van der Waals surface area contributed by atoms with Crippen LogP contribution in [0.2, 0.25) is 0 Å². The maximum absolute atomic E-state index is 5.80. The first-order chi connectivity index (χ1) is 10.2. The Morgan fingerprint density at radius 2 is 1.76 bits per heavy atom. The molecule has 4 aliphatic carbocycles. The molecule has 4 fully saturated rings. The Hall–Kier alpha value is -1.36. The summed E-state index contributed by atoms with van der Waals surface area (Å²) in [6, 6.07) is 3.87. The second-order valence-corrected chi connectivity index (χ2v) is 8.44. The van der Waals surface area contributed by atoms with Crippen molar-refractivity contribution in [3.05, 3.63) is 18.0 Å². The van der Waals surface area contributed by atoms with Crippen molar-refractivity contribution in [3.8, 4) is 10.8 Å². The summed E-state index contributed by atoms with van der Waals surface area (Å²) in [5.74, 6) is 4.30. The molecule has 21 heavy (non-hydrogen) atoms. The molecule has 6 rings (SSSR count). The molecule has 0 unspecified atom stereocenters. The first kappa shape index (κ1) is 12.2. The SMILES string of the molecule is Nc1ccc(-c2nc(C34CC5CC(CC(C5)C3)C4)no2)s1. The minimum absolute atomic E-state index is 0.208. The average Bonchev–Trinajstić information content (AvgIpc) is 3.05. The highest BCUT2D eigenvalue weighted by atomic mass is 32.1. The molecular formula is C16H19N3OS. The third kappa shape index (κ3) is 1.79. The van der Waals surface area contributed by atoms with E-state index in [1.807, 2.05) is 12.1 Å². The van der Waals surface area contributed by atoms with Crippen molar-refractivity contribution in [2.45, 2.75) is 43.9 Å². The van der Waals surface area contributed by atoms with Gasteiger partial charge < -0.3 is 10.3 Å². The second kappa shape index (κ2) is 4.09. The minimum atomic E-state index is 0.208. The van der Waals surface area contributed by atoms with E-state index in [1.54, 1.807) is 0 Å². The van der Waals surface area contributed by atoms with Gasteiger partial charge in [-0.2, -0.15) is 4.98 Å². The third-order valence-electron chi connectivity index (χ3n) is 5.78. The van der Waals surface area contributed by atoms with Gasteiger partial charge in [-0.05, 0) is 68.4 Å². The largest absolute Gasteiger partial charge is 0.391 e. The molecule has 0 atom stereocenters. The zero-order chi connectivity index (χ0) is 14.0. The van der Waals surface area contributed by atoms with E-state index in [9.17, 15) is 0 Å². The van der Waals surface area contributed by atoms with Crippen LogP contribution < -0.4 is 5.73 Å². The summed E-state index contributed by atoms with van der Waals surface area (Å²) in [5, 5.41) is 5.16. The molecule has 0 radical (unpaired) electrons. The van der Waals surface area contributed by atoms with Crippen LogP contribution >= 0.6 is 11.3 Å². The summed E-state index contributed by atoms with van der Waals surface area (Å²) in [7, 11) is 0. The Bertz CT molecular complexity index is 654. The number of hydrogen-bond donors (Lipinski definition) is 1. The summed E-state index contributed by atoms with van der Waals surface area (Å²) in [6.07, 6.45) is 8.11. The number of rotatable bonds is 2. The van der Waals surface area contributed by atoms with Crippen LogP contribution in [0.15, 0.2) is 16.7 Å². The molecule has 2 aromatic rings. The van der Waals surface area contributed by atoms with Crippen molar-refractivity contribution in [1.82, 2.24) is 10.1 Å². The average molecular weight is 301 g/mol. The van der Waals surface area contributed by atoms with E-state index in [0.29, 0.717) is 5.89 Å². The zero-order valence-electron chi connectivity index (χ0n) is 11.9. The van der Waals surface area contributed by atoms with Gasteiger partial charge in [-0.3, -0.25) is 0 Å². The lowest BCUT2D eigenvalue weighted by Crippen LogP contribution is -2.49. The van der Waals surface area contributed by atoms with Crippen molar-refractivity contribution in [3.63, 3.8) is 0 Å². The number of anilines is 1. The van der Waals surface area contributed by atoms with Gasteiger partial charge in [0.25, 0.3) is 5.89 Å². The lowest BCUT2D eigenvalue weighted by atomic mass is 9.49. The molecule has 0 amide bonds. The van der Waals surface area contributed by atoms with Gasteiger partial charge in [0.2, 0.25) is 0 Å². The second-order valence-electron chi connectivity index (χ2n) is 7.32. The molecule has 4 aliphatic rings. The predicted molar refractivity (Wildman–Crippen MR) is 81.9 cm³/mol. The lowest BCUT2D eigenvalue weighted by Gasteiger charge is -2.55. The Labute approximate surface area is 127 Å². The molecule has 0 aromatic carbocycles. The number of aromatic nitrogens is 2. The lowest BCUT2D eigenvalue weighted by molar-refractivity contribution is -0.0103. The predicted octanol–water partition coefficient (Wildman–Crippen LogP) is 3.85. The van der Waals surface area contributed by atoms with E-state index in [1.165, 1.54) is 49.9 Å². The van der Waals surface area contributed by atoms with Crippen LogP contribution in [0.25, 0.3) is 10.8 Å². The van der Waals surface area contributed by atoms with Gasteiger partial charge >= 0.3 is 0 Å². The normalized spacial score (nSPS) is 37.2. The van der Waals surface area contributed by atoms with Gasteiger partial charge in [-0.1, -0.05) is 5.16 Å².